The highest BCUT2D eigenvalue weighted by Gasteiger charge is 2.56. The highest BCUT2D eigenvalue weighted by Crippen LogP contribution is 2.54. The summed E-state index contributed by atoms with van der Waals surface area (Å²) in [7, 11) is 0. The van der Waals surface area contributed by atoms with Gasteiger partial charge in [0, 0.05) is 18.4 Å². The molecule has 94 valence electrons. The predicted octanol–water partition coefficient (Wildman–Crippen LogP) is 2.12. The van der Waals surface area contributed by atoms with Gasteiger partial charge in [0.1, 0.15) is 0 Å². The Hall–Kier alpha value is -0.120. The van der Waals surface area contributed by atoms with Crippen LogP contribution in [0.4, 0.5) is 0 Å². The van der Waals surface area contributed by atoms with Gasteiger partial charge in [-0.1, -0.05) is 12.8 Å². The molecule has 2 fully saturated rings. The van der Waals surface area contributed by atoms with Crippen molar-refractivity contribution >= 4 is 0 Å². The number of rotatable bonds is 5. The third kappa shape index (κ3) is 2.13. The van der Waals surface area contributed by atoms with E-state index in [9.17, 15) is 5.11 Å². The number of hydrogen-bond donors (Lipinski definition) is 1. The minimum atomic E-state index is -0.126. The van der Waals surface area contributed by atoms with Gasteiger partial charge in [0.05, 0.1) is 24.9 Å². The maximum atomic E-state index is 9.95. The van der Waals surface area contributed by atoms with Crippen LogP contribution in [-0.2, 0) is 9.47 Å². The van der Waals surface area contributed by atoms with E-state index in [0.29, 0.717) is 6.61 Å². The summed E-state index contributed by atoms with van der Waals surface area (Å²) in [5.41, 5.74) is 0.0977. The molecule has 3 nitrogen and oxygen atoms in total. The first-order valence-electron chi connectivity index (χ1n) is 6.60. The lowest BCUT2D eigenvalue weighted by Crippen LogP contribution is -2.57. The molecule has 3 unspecified atom stereocenters. The fraction of sp³-hybridized carbons (Fsp3) is 1.00. The number of aliphatic hydroxyl groups is 1. The van der Waals surface area contributed by atoms with Gasteiger partial charge in [-0.3, -0.25) is 0 Å². The molecule has 0 amide bonds. The van der Waals surface area contributed by atoms with E-state index in [2.05, 4.69) is 6.92 Å². The SMILES string of the molecule is CCOCC(C)OC1CC(O)C12CCCC2. The third-order valence-electron chi connectivity index (χ3n) is 4.23. The van der Waals surface area contributed by atoms with Crippen LogP contribution in [0.15, 0.2) is 0 Å². The molecule has 2 aliphatic carbocycles. The second kappa shape index (κ2) is 5.03. The summed E-state index contributed by atoms with van der Waals surface area (Å²) in [6.45, 7) is 5.46. The minimum Gasteiger partial charge on any atom is -0.392 e. The first-order chi connectivity index (χ1) is 7.69. The quantitative estimate of drug-likeness (QED) is 0.783. The Morgan fingerprint density at radius 1 is 1.38 bits per heavy atom. The Kier molecular flexibility index (Phi) is 3.88. The highest BCUT2D eigenvalue weighted by atomic mass is 16.5. The monoisotopic (exact) mass is 228 g/mol. The van der Waals surface area contributed by atoms with Gasteiger partial charge in [-0.2, -0.15) is 0 Å². The molecule has 0 saturated heterocycles. The van der Waals surface area contributed by atoms with E-state index in [0.717, 1.165) is 25.9 Å². The molecule has 3 atom stereocenters. The van der Waals surface area contributed by atoms with Crippen molar-refractivity contribution in [3.63, 3.8) is 0 Å². The van der Waals surface area contributed by atoms with E-state index in [1.807, 2.05) is 6.92 Å². The summed E-state index contributed by atoms with van der Waals surface area (Å²) in [6, 6.07) is 0. The van der Waals surface area contributed by atoms with Crippen LogP contribution in [0.3, 0.4) is 0 Å². The van der Waals surface area contributed by atoms with Crippen LogP contribution in [0, 0.1) is 5.41 Å². The van der Waals surface area contributed by atoms with Crippen LogP contribution >= 0.6 is 0 Å². The lowest BCUT2D eigenvalue weighted by molar-refractivity contribution is -0.211. The van der Waals surface area contributed by atoms with E-state index in [-0.39, 0.29) is 23.7 Å². The summed E-state index contributed by atoms with van der Waals surface area (Å²) >= 11 is 0. The molecule has 0 aromatic heterocycles. The Morgan fingerprint density at radius 3 is 2.62 bits per heavy atom. The van der Waals surface area contributed by atoms with Gasteiger partial charge >= 0.3 is 0 Å². The average molecular weight is 228 g/mol. The summed E-state index contributed by atoms with van der Waals surface area (Å²) in [5, 5.41) is 9.95. The lowest BCUT2D eigenvalue weighted by Gasteiger charge is -2.52. The highest BCUT2D eigenvalue weighted by molar-refractivity contribution is 5.06. The van der Waals surface area contributed by atoms with Gasteiger partial charge in [0.15, 0.2) is 0 Å². The van der Waals surface area contributed by atoms with Gasteiger partial charge in [0.2, 0.25) is 0 Å². The van der Waals surface area contributed by atoms with Crippen LogP contribution in [0.1, 0.15) is 46.0 Å². The Balaban J connectivity index is 1.82. The molecular weight excluding hydrogens is 204 g/mol. The molecule has 0 radical (unpaired) electrons. The Morgan fingerprint density at radius 2 is 2.06 bits per heavy atom. The average Bonchev–Trinajstić information content (AvgIpc) is 2.78. The number of ether oxygens (including phenoxy) is 2. The van der Waals surface area contributed by atoms with Gasteiger partial charge in [-0.05, 0) is 26.7 Å². The van der Waals surface area contributed by atoms with Crippen molar-refractivity contribution in [1.29, 1.82) is 0 Å². The molecule has 2 aliphatic rings. The maximum absolute atomic E-state index is 9.95. The topological polar surface area (TPSA) is 38.7 Å². The number of aliphatic hydroxyl groups excluding tert-OH is 1. The largest absolute Gasteiger partial charge is 0.392 e. The summed E-state index contributed by atoms with van der Waals surface area (Å²) < 4.78 is 11.4. The fourth-order valence-corrected chi connectivity index (χ4v) is 3.21. The molecule has 0 aromatic rings. The fourth-order valence-electron chi connectivity index (χ4n) is 3.21. The number of hydrogen-bond acceptors (Lipinski definition) is 3. The molecule has 1 N–H and O–H groups in total. The van der Waals surface area contributed by atoms with Crippen molar-refractivity contribution in [2.45, 2.75) is 64.3 Å². The maximum Gasteiger partial charge on any atom is 0.0784 e. The van der Waals surface area contributed by atoms with Crippen molar-refractivity contribution in [1.82, 2.24) is 0 Å². The zero-order valence-electron chi connectivity index (χ0n) is 10.4. The van der Waals surface area contributed by atoms with Gasteiger partial charge in [-0.15, -0.1) is 0 Å². The minimum absolute atomic E-state index is 0.0977. The normalized spacial score (nSPS) is 33.9. The molecule has 0 heterocycles. The summed E-state index contributed by atoms with van der Waals surface area (Å²) in [6.07, 6.45) is 5.87. The molecule has 2 rings (SSSR count). The predicted molar refractivity (Wildman–Crippen MR) is 62.4 cm³/mol. The smallest absolute Gasteiger partial charge is 0.0784 e. The van der Waals surface area contributed by atoms with Crippen LogP contribution < -0.4 is 0 Å². The zero-order chi connectivity index (χ0) is 11.6. The van der Waals surface area contributed by atoms with Crippen LogP contribution in [0.25, 0.3) is 0 Å². The Labute approximate surface area is 98.1 Å². The summed E-state index contributed by atoms with van der Waals surface area (Å²) in [4.78, 5) is 0. The van der Waals surface area contributed by atoms with Crippen molar-refractivity contribution in [2.24, 2.45) is 5.41 Å². The van der Waals surface area contributed by atoms with Gasteiger partial charge in [-0.25, -0.2) is 0 Å². The molecule has 1 spiro atoms. The van der Waals surface area contributed by atoms with Crippen molar-refractivity contribution in [2.75, 3.05) is 13.2 Å². The van der Waals surface area contributed by atoms with Crippen LogP contribution in [0.5, 0.6) is 0 Å². The van der Waals surface area contributed by atoms with Crippen molar-refractivity contribution < 1.29 is 14.6 Å². The van der Waals surface area contributed by atoms with E-state index < -0.39 is 0 Å². The molecule has 0 aromatic carbocycles. The summed E-state index contributed by atoms with van der Waals surface area (Å²) in [5.74, 6) is 0. The van der Waals surface area contributed by atoms with E-state index in [1.165, 1.54) is 12.8 Å². The molecular formula is C13H24O3. The molecule has 2 saturated carbocycles. The molecule has 0 bridgehead atoms. The molecule has 16 heavy (non-hydrogen) atoms. The van der Waals surface area contributed by atoms with E-state index in [4.69, 9.17) is 9.47 Å². The lowest BCUT2D eigenvalue weighted by atomic mass is 9.62. The van der Waals surface area contributed by atoms with Crippen molar-refractivity contribution in [3.8, 4) is 0 Å². The van der Waals surface area contributed by atoms with Crippen LogP contribution in [0.2, 0.25) is 0 Å². The van der Waals surface area contributed by atoms with Crippen LogP contribution in [-0.4, -0.2) is 36.6 Å². The van der Waals surface area contributed by atoms with E-state index >= 15 is 0 Å². The van der Waals surface area contributed by atoms with E-state index in [1.54, 1.807) is 0 Å². The molecule has 0 aliphatic heterocycles. The van der Waals surface area contributed by atoms with Crippen molar-refractivity contribution in [3.05, 3.63) is 0 Å². The molecule has 3 heteroatoms. The second-order valence-corrected chi connectivity index (χ2v) is 5.29. The first kappa shape index (κ1) is 12.3. The second-order valence-electron chi connectivity index (χ2n) is 5.29. The first-order valence-corrected chi connectivity index (χ1v) is 6.60. The van der Waals surface area contributed by atoms with Gasteiger partial charge < -0.3 is 14.6 Å². The standard InChI is InChI=1S/C13H24O3/c1-3-15-9-10(2)16-12-8-11(14)13(12)6-4-5-7-13/h10-12,14H,3-9H2,1-2H3. The zero-order valence-corrected chi connectivity index (χ0v) is 10.4. The Bertz CT molecular complexity index is 223. The third-order valence-corrected chi connectivity index (χ3v) is 4.23. The van der Waals surface area contributed by atoms with Gasteiger partial charge in [0.25, 0.3) is 0 Å².